The molecule has 1 aromatic carbocycles. The first-order chi connectivity index (χ1) is 12.2. The van der Waals surface area contributed by atoms with Crippen molar-refractivity contribution in [2.24, 2.45) is 11.8 Å². The van der Waals surface area contributed by atoms with Gasteiger partial charge in [-0.15, -0.1) is 0 Å². The van der Waals surface area contributed by atoms with Gasteiger partial charge in [-0.25, -0.2) is 8.42 Å². The summed E-state index contributed by atoms with van der Waals surface area (Å²) < 4.78 is 23.0. The van der Waals surface area contributed by atoms with Crippen LogP contribution in [0.15, 0.2) is 29.2 Å². The number of anilines is 1. The molecule has 0 aromatic heterocycles. The highest BCUT2D eigenvalue weighted by atomic mass is 32.2. The number of amides is 2. The lowest BCUT2D eigenvalue weighted by Gasteiger charge is -2.33. The maximum atomic E-state index is 12.5. The molecule has 1 atom stereocenters. The zero-order valence-electron chi connectivity index (χ0n) is 15.3. The molecule has 7 heteroatoms. The standard InChI is InChI=1S/C19H26N2O4S/c1-13-3-7-16(8-4-13)21-12-14(11-18(21)22)19(23)20-15-5-9-17(10-6-15)26(2,24)25/h5-6,9-10,13-14,16H,3-4,7-8,11-12H2,1-2H3,(H,20,23). The van der Waals surface area contributed by atoms with Gasteiger partial charge in [-0.1, -0.05) is 6.92 Å². The van der Waals surface area contributed by atoms with Crippen LogP contribution in [-0.2, 0) is 19.4 Å². The van der Waals surface area contributed by atoms with Crippen LogP contribution in [0, 0.1) is 11.8 Å². The van der Waals surface area contributed by atoms with Gasteiger partial charge in [0.15, 0.2) is 9.84 Å². The Hall–Kier alpha value is -1.89. The van der Waals surface area contributed by atoms with Crippen LogP contribution in [0.3, 0.4) is 0 Å². The summed E-state index contributed by atoms with van der Waals surface area (Å²) in [7, 11) is -3.26. The SMILES string of the molecule is CC1CCC(N2CC(C(=O)Nc3ccc(S(C)(=O)=O)cc3)CC2=O)CC1. The van der Waals surface area contributed by atoms with Crippen LogP contribution in [0.25, 0.3) is 0 Å². The number of rotatable bonds is 4. The molecule has 1 heterocycles. The average Bonchev–Trinajstić information content (AvgIpc) is 2.97. The average molecular weight is 378 g/mol. The maximum Gasteiger partial charge on any atom is 0.229 e. The summed E-state index contributed by atoms with van der Waals surface area (Å²) >= 11 is 0. The number of likely N-dealkylation sites (tertiary alicyclic amines) is 1. The van der Waals surface area contributed by atoms with E-state index in [9.17, 15) is 18.0 Å². The number of benzene rings is 1. The minimum Gasteiger partial charge on any atom is -0.339 e. The first-order valence-corrected chi connectivity index (χ1v) is 11.0. The topological polar surface area (TPSA) is 83.6 Å². The number of sulfone groups is 1. The number of nitrogens with zero attached hydrogens (tertiary/aromatic N) is 1. The van der Waals surface area contributed by atoms with Gasteiger partial charge < -0.3 is 10.2 Å². The van der Waals surface area contributed by atoms with Crippen LogP contribution in [0.2, 0.25) is 0 Å². The smallest absolute Gasteiger partial charge is 0.229 e. The zero-order chi connectivity index (χ0) is 18.9. The van der Waals surface area contributed by atoms with Gasteiger partial charge in [-0.3, -0.25) is 9.59 Å². The molecular weight excluding hydrogens is 352 g/mol. The van der Waals surface area contributed by atoms with E-state index in [2.05, 4.69) is 12.2 Å². The van der Waals surface area contributed by atoms with E-state index < -0.39 is 9.84 Å². The molecule has 1 aromatic rings. The second-order valence-corrected chi connectivity index (χ2v) is 9.66. The Morgan fingerprint density at radius 1 is 1.12 bits per heavy atom. The van der Waals surface area contributed by atoms with Gasteiger partial charge in [0.25, 0.3) is 0 Å². The molecule has 2 aliphatic rings. The molecule has 1 aliphatic carbocycles. The van der Waals surface area contributed by atoms with E-state index in [-0.39, 0.29) is 35.1 Å². The van der Waals surface area contributed by atoms with Crippen molar-refractivity contribution in [3.05, 3.63) is 24.3 Å². The van der Waals surface area contributed by atoms with Crippen molar-refractivity contribution in [3.63, 3.8) is 0 Å². The minimum atomic E-state index is -3.26. The monoisotopic (exact) mass is 378 g/mol. The van der Waals surface area contributed by atoms with Gasteiger partial charge in [-0.05, 0) is 55.9 Å². The highest BCUT2D eigenvalue weighted by molar-refractivity contribution is 7.90. The molecule has 6 nitrogen and oxygen atoms in total. The fourth-order valence-electron chi connectivity index (χ4n) is 3.84. The minimum absolute atomic E-state index is 0.0668. The van der Waals surface area contributed by atoms with Crippen LogP contribution in [0.4, 0.5) is 5.69 Å². The predicted molar refractivity (Wildman–Crippen MR) is 99.4 cm³/mol. The molecule has 1 aliphatic heterocycles. The summed E-state index contributed by atoms with van der Waals surface area (Å²) in [5.41, 5.74) is 0.541. The molecule has 2 amide bonds. The molecule has 3 rings (SSSR count). The Labute approximate surface area is 154 Å². The Kier molecular flexibility index (Phi) is 5.37. The first kappa shape index (κ1) is 18.9. The van der Waals surface area contributed by atoms with Gasteiger partial charge >= 0.3 is 0 Å². The lowest BCUT2D eigenvalue weighted by Crippen LogP contribution is -2.39. The summed E-state index contributed by atoms with van der Waals surface area (Å²) in [5, 5.41) is 2.80. The second-order valence-electron chi connectivity index (χ2n) is 7.65. The van der Waals surface area contributed by atoms with Crippen molar-refractivity contribution in [2.75, 3.05) is 18.1 Å². The summed E-state index contributed by atoms with van der Waals surface area (Å²) in [6.07, 6.45) is 5.71. The van der Waals surface area contributed by atoms with Crippen LogP contribution in [0.5, 0.6) is 0 Å². The summed E-state index contributed by atoms with van der Waals surface area (Å²) in [6, 6.07) is 6.36. The Balaban J connectivity index is 1.59. The fourth-order valence-corrected chi connectivity index (χ4v) is 4.47. The molecule has 1 N–H and O–H groups in total. The van der Waals surface area contributed by atoms with Crippen molar-refractivity contribution in [1.29, 1.82) is 0 Å². The summed E-state index contributed by atoms with van der Waals surface area (Å²) in [4.78, 5) is 27.0. The number of carbonyl (C=O) groups excluding carboxylic acids is 2. The molecule has 26 heavy (non-hydrogen) atoms. The highest BCUT2D eigenvalue weighted by Crippen LogP contribution is 2.31. The Morgan fingerprint density at radius 3 is 2.31 bits per heavy atom. The highest BCUT2D eigenvalue weighted by Gasteiger charge is 2.38. The third-order valence-electron chi connectivity index (χ3n) is 5.51. The van der Waals surface area contributed by atoms with Crippen molar-refractivity contribution in [2.45, 2.75) is 50.0 Å². The molecule has 1 unspecified atom stereocenters. The van der Waals surface area contributed by atoms with Gasteiger partial charge in [0.1, 0.15) is 0 Å². The van der Waals surface area contributed by atoms with E-state index in [0.29, 0.717) is 12.2 Å². The van der Waals surface area contributed by atoms with E-state index in [1.807, 2.05) is 4.90 Å². The lowest BCUT2D eigenvalue weighted by molar-refractivity contribution is -0.130. The van der Waals surface area contributed by atoms with Crippen LogP contribution >= 0.6 is 0 Å². The van der Waals surface area contributed by atoms with E-state index >= 15 is 0 Å². The van der Waals surface area contributed by atoms with Crippen LogP contribution in [0.1, 0.15) is 39.0 Å². The van der Waals surface area contributed by atoms with Gasteiger partial charge in [0.05, 0.1) is 10.8 Å². The predicted octanol–water partition coefficient (Wildman–Crippen LogP) is 2.46. The van der Waals surface area contributed by atoms with E-state index in [1.54, 1.807) is 12.1 Å². The quantitative estimate of drug-likeness (QED) is 0.872. The Bertz CT molecular complexity index is 780. The lowest BCUT2D eigenvalue weighted by atomic mass is 9.87. The third-order valence-corrected chi connectivity index (χ3v) is 6.63. The van der Waals surface area contributed by atoms with E-state index in [1.165, 1.54) is 12.1 Å². The van der Waals surface area contributed by atoms with E-state index in [4.69, 9.17) is 0 Å². The van der Waals surface area contributed by atoms with Crippen LogP contribution < -0.4 is 5.32 Å². The number of hydrogen-bond acceptors (Lipinski definition) is 4. The normalized spacial score (nSPS) is 26.8. The first-order valence-electron chi connectivity index (χ1n) is 9.14. The number of carbonyl (C=O) groups is 2. The third kappa shape index (κ3) is 4.26. The fraction of sp³-hybridized carbons (Fsp3) is 0.579. The van der Waals surface area contributed by atoms with Crippen molar-refractivity contribution < 1.29 is 18.0 Å². The van der Waals surface area contributed by atoms with E-state index in [0.717, 1.165) is 37.9 Å². The van der Waals surface area contributed by atoms with Crippen LogP contribution in [-0.4, -0.2) is 44.0 Å². The van der Waals surface area contributed by atoms with Gasteiger partial charge in [-0.2, -0.15) is 0 Å². The summed E-state index contributed by atoms with van der Waals surface area (Å²) in [5.74, 6) is 0.253. The van der Waals surface area contributed by atoms with Crippen molar-refractivity contribution in [1.82, 2.24) is 4.90 Å². The van der Waals surface area contributed by atoms with Crippen molar-refractivity contribution >= 4 is 27.3 Å². The molecule has 142 valence electrons. The molecule has 0 radical (unpaired) electrons. The molecule has 1 saturated heterocycles. The molecule has 0 bridgehead atoms. The van der Waals surface area contributed by atoms with Gasteiger partial charge in [0, 0.05) is 31.0 Å². The Morgan fingerprint density at radius 2 is 1.73 bits per heavy atom. The second kappa shape index (κ2) is 7.39. The molecular formula is C19H26N2O4S. The van der Waals surface area contributed by atoms with Crippen molar-refractivity contribution in [3.8, 4) is 0 Å². The molecule has 1 saturated carbocycles. The summed E-state index contributed by atoms with van der Waals surface area (Å²) in [6.45, 7) is 2.72. The van der Waals surface area contributed by atoms with Gasteiger partial charge in [0.2, 0.25) is 11.8 Å². The molecule has 2 fully saturated rings. The number of hydrogen-bond donors (Lipinski definition) is 1. The number of nitrogens with one attached hydrogen (secondary N) is 1. The zero-order valence-corrected chi connectivity index (χ0v) is 16.1. The largest absolute Gasteiger partial charge is 0.339 e. The maximum absolute atomic E-state index is 12.5. The molecule has 0 spiro atoms.